The number of likely N-dealkylation sites (N-methyl/N-ethyl adjacent to an activating group) is 1. The highest BCUT2D eigenvalue weighted by molar-refractivity contribution is 7.98. The zero-order valence-corrected chi connectivity index (χ0v) is 24.1. The smallest absolute Gasteiger partial charge is 0.251 e. The third kappa shape index (κ3) is 8.10. The van der Waals surface area contributed by atoms with Gasteiger partial charge < -0.3 is 24.4 Å². The number of nitrogens with zero attached hydrogens (tertiary/aromatic N) is 3. The van der Waals surface area contributed by atoms with E-state index >= 15 is 0 Å². The average Bonchev–Trinajstić information content (AvgIpc) is 3.51. The van der Waals surface area contributed by atoms with Gasteiger partial charge in [0.15, 0.2) is 16.7 Å². The predicted molar refractivity (Wildman–Crippen MR) is 155 cm³/mol. The quantitative estimate of drug-likeness (QED) is 0.237. The number of hydrogen-bond donors (Lipinski definition) is 1. The molecule has 1 unspecified atom stereocenters. The maximum absolute atomic E-state index is 12.5. The van der Waals surface area contributed by atoms with Gasteiger partial charge in [0.1, 0.15) is 5.82 Å². The van der Waals surface area contributed by atoms with Crippen molar-refractivity contribution in [3.63, 3.8) is 0 Å². The van der Waals surface area contributed by atoms with Crippen molar-refractivity contribution in [3.05, 3.63) is 70.9 Å². The van der Waals surface area contributed by atoms with E-state index in [0.29, 0.717) is 12.1 Å². The highest BCUT2D eigenvalue weighted by Gasteiger charge is 2.17. The highest BCUT2D eigenvalue weighted by Crippen LogP contribution is 2.28. The van der Waals surface area contributed by atoms with Gasteiger partial charge in [-0.1, -0.05) is 36.9 Å². The van der Waals surface area contributed by atoms with Crippen LogP contribution in [-0.2, 0) is 23.3 Å². The first kappa shape index (κ1) is 28.7. The fraction of sp³-hybridized carbons (Fsp3) is 0.433. The molecule has 4 rings (SSSR count). The molecule has 1 amide bonds. The molecule has 1 aromatic heterocycles. The van der Waals surface area contributed by atoms with Crippen LogP contribution < -0.4 is 19.7 Å². The van der Waals surface area contributed by atoms with Gasteiger partial charge in [-0.3, -0.25) is 4.79 Å². The number of benzene rings is 2. The molecular formula is C30H38N4O4S. The Morgan fingerprint density at radius 2 is 1.85 bits per heavy atom. The van der Waals surface area contributed by atoms with Crippen molar-refractivity contribution < 1.29 is 19.0 Å². The molecule has 1 saturated heterocycles. The molecule has 0 bridgehead atoms. The Morgan fingerprint density at radius 3 is 2.54 bits per heavy atom. The summed E-state index contributed by atoms with van der Waals surface area (Å²) in [6.07, 6.45) is 3.89. The Bertz CT molecular complexity index is 1230. The van der Waals surface area contributed by atoms with Crippen LogP contribution in [0.15, 0.2) is 53.7 Å². The number of hydrogen-bond acceptors (Lipinski definition) is 8. The lowest BCUT2D eigenvalue weighted by Gasteiger charge is -2.20. The molecule has 8 nitrogen and oxygen atoms in total. The summed E-state index contributed by atoms with van der Waals surface area (Å²) in [4.78, 5) is 24.2. The zero-order chi connectivity index (χ0) is 27.6. The van der Waals surface area contributed by atoms with Crippen LogP contribution in [-0.4, -0.2) is 62.9 Å². The second-order valence-corrected chi connectivity index (χ2v) is 10.5. The standard InChI is InChI=1S/C30H38N4O4S/c1-5-24-18-28(34(2)15-14-21-10-13-26(36-3)27(17-21)37-4)33-30(32-24)39-20-22-8-11-23(12-9-22)29(35)31-19-25-7-6-16-38-25/h8-13,17-18,25H,5-7,14-16,19-20H2,1-4H3,(H,31,35). The van der Waals surface area contributed by atoms with Crippen LogP contribution in [0.3, 0.4) is 0 Å². The minimum absolute atomic E-state index is 0.0653. The number of aromatic nitrogens is 2. The molecule has 39 heavy (non-hydrogen) atoms. The number of carbonyl (C=O) groups excluding carboxylic acids is 1. The molecule has 0 saturated carbocycles. The summed E-state index contributed by atoms with van der Waals surface area (Å²) >= 11 is 1.60. The topological polar surface area (TPSA) is 85.8 Å². The van der Waals surface area contributed by atoms with E-state index in [9.17, 15) is 4.79 Å². The van der Waals surface area contributed by atoms with Gasteiger partial charge in [0.25, 0.3) is 5.91 Å². The first-order valence-corrected chi connectivity index (χ1v) is 14.4. The molecule has 3 aromatic rings. The van der Waals surface area contributed by atoms with Crippen molar-refractivity contribution in [2.24, 2.45) is 0 Å². The summed E-state index contributed by atoms with van der Waals surface area (Å²) in [7, 11) is 5.35. The van der Waals surface area contributed by atoms with Crippen LogP contribution in [0.5, 0.6) is 11.5 Å². The minimum Gasteiger partial charge on any atom is -0.493 e. The van der Waals surface area contributed by atoms with Crippen molar-refractivity contribution in [1.82, 2.24) is 15.3 Å². The molecule has 2 heterocycles. The van der Waals surface area contributed by atoms with Gasteiger partial charge in [0, 0.05) is 49.8 Å². The minimum atomic E-state index is -0.0653. The summed E-state index contributed by atoms with van der Waals surface area (Å²) in [6.45, 7) is 4.25. The molecular weight excluding hydrogens is 512 g/mol. The number of anilines is 1. The Hall–Kier alpha value is -3.30. The van der Waals surface area contributed by atoms with E-state index in [1.807, 2.05) is 36.4 Å². The van der Waals surface area contributed by atoms with Gasteiger partial charge >= 0.3 is 0 Å². The Morgan fingerprint density at radius 1 is 1.08 bits per heavy atom. The Kier molecular flexibility index (Phi) is 10.4. The summed E-state index contributed by atoms with van der Waals surface area (Å²) < 4.78 is 16.4. The van der Waals surface area contributed by atoms with Gasteiger partial charge in [0.2, 0.25) is 0 Å². The van der Waals surface area contributed by atoms with E-state index in [-0.39, 0.29) is 12.0 Å². The second kappa shape index (κ2) is 14.2. The van der Waals surface area contributed by atoms with Gasteiger partial charge in [-0.15, -0.1) is 0 Å². The van der Waals surface area contributed by atoms with E-state index in [1.54, 1.807) is 26.0 Å². The number of carbonyl (C=O) groups is 1. The monoisotopic (exact) mass is 550 g/mol. The Labute approximate surface area is 235 Å². The molecule has 1 aliphatic heterocycles. The molecule has 1 atom stereocenters. The largest absolute Gasteiger partial charge is 0.493 e. The molecule has 0 radical (unpaired) electrons. The zero-order valence-electron chi connectivity index (χ0n) is 23.2. The van der Waals surface area contributed by atoms with E-state index in [1.165, 1.54) is 5.56 Å². The fourth-order valence-electron chi connectivity index (χ4n) is 4.36. The van der Waals surface area contributed by atoms with E-state index in [4.69, 9.17) is 24.2 Å². The lowest BCUT2D eigenvalue weighted by molar-refractivity contribution is 0.0858. The molecule has 0 spiro atoms. The number of nitrogens with one attached hydrogen (secondary N) is 1. The summed E-state index contributed by atoms with van der Waals surface area (Å²) in [5, 5.41) is 3.72. The van der Waals surface area contributed by atoms with E-state index in [0.717, 1.165) is 78.3 Å². The Balaban J connectivity index is 1.33. The predicted octanol–water partition coefficient (Wildman–Crippen LogP) is 4.94. The first-order chi connectivity index (χ1) is 19.0. The summed E-state index contributed by atoms with van der Waals surface area (Å²) in [6, 6.07) is 15.8. The van der Waals surface area contributed by atoms with Gasteiger partial charge in [-0.2, -0.15) is 0 Å². The van der Waals surface area contributed by atoms with Crippen LogP contribution >= 0.6 is 11.8 Å². The third-order valence-corrected chi connectivity index (χ3v) is 7.70. The lowest BCUT2D eigenvalue weighted by atomic mass is 10.1. The number of rotatable bonds is 13. The van der Waals surface area contributed by atoms with Crippen molar-refractivity contribution in [3.8, 4) is 11.5 Å². The van der Waals surface area contributed by atoms with Crippen LogP contribution in [0.2, 0.25) is 0 Å². The summed E-state index contributed by atoms with van der Waals surface area (Å²) in [5.41, 5.74) is 3.95. The van der Waals surface area contributed by atoms with Crippen molar-refractivity contribution in [2.45, 2.75) is 49.6 Å². The van der Waals surface area contributed by atoms with Gasteiger partial charge in [-0.25, -0.2) is 9.97 Å². The van der Waals surface area contributed by atoms with Crippen molar-refractivity contribution >= 4 is 23.5 Å². The highest BCUT2D eigenvalue weighted by atomic mass is 32.2. The lowest BCUT2D eigenvalue weighted by Crippen LogP contribution is -2.31. The molecule has 1 N–H and O–H groups in total. The van der Waals surface area contributed by atoms with E-state index < -0.39 is 0 Å². The maximum Gasteiger partial charge on any atom is 0.251 e. The SMILES string of the molecule is CCc1cc(N(C)CCc2ccc(OC)c(OC)c2)nc(SCc2ccc(C(=O)NCC3CCCO3)cc2)n1. The van der Waals surface area contributed by atoms with Crippen LogP contribution in [0.4, 0.5) is 5.82 Å². The average molecular weight is 551 g/mol. The second-order valence-electron chi connectivity index (χ2n) is 9.55. The molecule has 0 aliphatic carbocycles. The molecule has 1 fully saturated rings. The number of methoxy groups -OCH3 is 2. The van der Waals surface area contributed by atoms with Gasteiger partial charge in [-0.05, 0) is 61.1 Å². The molecule has 208 valence electrons. The maximum atomic E-state index is 12.5. The number of ether oxygens (including phenoxy) is 3. The molecule has 2 aromatic carbocycles. The number of amides is 1. The van der Waals surface area contributed by atoms with Crippen molar-refractivity contribution in [1.29, 1.82) is 0 Å². The number of aryl methyl sites for hydroxylation is 1. The fourth-order valence-corrected chi connectivity index (χ4v) is 5.19. The van der Waals surface area contributed by atoms with Crippen LogP contribution in [0.25, 0.3) is 0 Å². The van der Waals surface area contributed by atoms with Crippen molar-refractivity contribution in [2.75, 3.05) is 45.9 Å². The molecule has 9 heteroatoms. The first-order valence-electron chi connectivity index (χ1n) is 13.4. The normalized spacial score (nSPS) is 14.7. The van der Waals surface area contributed by atoms with Crippen LogP contribution in [0, 0.1) is 0 Å². The molecule has 1 aliphatic rings. The third-order valence-electron chi connectivity index (χ3n) is 6.78. The number of thioether (sulfide) groups is 1. The van der Waals surface area contributed by atoms with E-state index in [2.05, 4.69) is 36.3 Å². The van der Waals surface area contributed by atoms with Crippen LogP contribution in [0.1, 0.15) is 46.9 Å². The summed E-state index contributed by atoms with van der Waals surface area (Å²) in [5.74, 6) is 3.03. The van der Waals surface area contributed by atoms with Gasteiger partial charge in [0.05, 0.1) is 20.3 Å².